The van der Waals surface area contributed by atoms with Crippen molar-refractivity contribution in [2.75, 3.05) is 0 Å². The normalized spacial score (nSPS) is 12.2. The Morgan fingerprint density at radius 1 is 0.778 bits per heavy atom. The van der Waals surface area contributed by atoms with E-state index in [4.69, 9.17) is 22.5 Å². The zero-order valence-corrected chi connectivity index (χ0v) is 11.4. The van der Waals surface area contributed by atoms with Crippen molar-refractivity contribution in [2.24, 2.45) is 0 Å². The fourth-order valence-electron chi connectivity index (χ4n) is 0.592. The second kappa shape index (κ2) is 6.00. The molecule has 0 atom stereocenters. The summed E-state index contributed by atoms with van der Waals surface area (Å²) in [5.41, 5.74) is 0. The van der Waals surface area contributed by atoms with Crippen LogP contribution in [0.1, 0.15) is 0 Å². The number of carbonyl (C=O) groups is 3. The van der Waals surface area contributed by atoms with E-state index in [0.29, 0.717) is 18.2 Å². The molecule has 0 amide bonds. The monoisotopic (exact) mass is 314 g/mol. The Labute approximate surface area is 113 Å². The van der Waals surface area contributed by atoms with Gasteiger partial charge in [-0.25, -0.2) is 0 Å². The first kappa shape index (κ1) is 16.6. The summed E-state index contributed by atoms with van der Waals surface area (Å²) in [5, 5.41) is 0. The van der Waals surface area contributed by atoms with Gasteiger partial charge in [-0.3, -0.25) is 0 Å². The van der Waals surface area contributed by atoms with E-state index in [1.807, 2.05) is 0 Å². The number of carbonyl (C=O) groups excluding carboxylic acids is 3. The maximum atomic E-state index is 11.1. The van der Waals surface area contributed by atoms with Crippen molar-refractivity contribution in [1.29, 1.82) is 0 Å². The van der Waals surface area contributed by atoms with Gasteiger partial charge in [-0.1, -0.05) is 0 Å². The van der Waals surface area contributed by atoms with E-state index >= 15 is 0 Å². The molecule has 0 saturated carbocycles. The Kier molecular flexibility index (Phi) is 5.55. The molecule has 0 unspecified atom stereocenters. The molecular formula is C9H9Cl2O6P. The zero-order chi connectivity index (χ0) is 14.4. The van der Waals surface area contributed by atoms with Gasteiger partial charge in [0.25, 0.3) is 0 Å². The molecule has 0 aromatic carbocycles. The van der Waals surface area contributed by atoms with Crippen LogP contribution in [0.5, 0.6) is 0 Å². The molecule has 0 bridgehead atoms. The van der Waals surface area contributed by atoms with Crippen LogP contribution in [-0.4, -0.2) is 17.9 Å². The summed E-state index contributed by atoms with van der Waals surface area (Å²) in [6.07, 6.45) is 2.07. The molecule has 0 aliphatic carbocycles. The van der Waals surface area contributed by atoms with Gasteiger partial charge in [0.1, 0.15) is 0 Å². The van der Waals surface area contributed by atoms with Gasteiger partial charge in [0.2, 0.25) is 0 Å². The third-order valence-corrected chi connectivity index (χ3v) is 3.84. The van der Waals surface area contributed by atoms with E-state index in [1.54, 1.807) is 0 Å². The van der Waals surface area contributed by atoms with Crippen molar-refractivity contribution in [3.05, 3.63) is 38.0 Å². The van der Waals surface area contributed by atoms with Crippen LogP contribution >= 0.6 is 28.5 Å². The maximum absolute atomic E-state index is 11.1. The molecule has 0 heterocycles. The molecule has 6 nitrogen and oxygen atoms in total. The average Bonchev–Trinajstić information content (AvgIpc) is 2.27. The fraction of sp³-hybridized carbons (Fsp3) is 0. The first-order valence-corrected chi connectivity index (χ1v) is 8.00. The molecule has 18 heavy (non-hydrogen) atoms. The van der Waals surface area contributed by atoms with Crippen LogP contribution in [0.3, 0.4) is 0 Å². The van der Waals surface area contributed by atoms with Gasteiger partial charge in [-0.15, -0.1) is 0 Å². The van der Waals surface area contributed by atoms with Crippen molar-refractivity contribution in [3.8, 4) is 0 Å². The molecule has 100 valence electrons. The van der Waals surface area contributed by atoms with Crippen molar-refractivity contribution in [1.82, 2.24) is 0 Å². The van der Waals surface area contributed by atoms with E-state index in [2.05, 4.69) is 33.3 Å². The molecule has 0 rings (SSSR count). The molecule has 0 aliphatic heterocycles. The molecular weight excluding hydrogens is 306 g/mol. The SMILES string of the molecule is C=CC(=O)OP(Cl)(Cl)(OC(=O)C=C)OC(=O)C=C. The minimum atomic E-state index is -5.30. The third-order valence-electron chi connectivity index (χ3n) is 1.20. The Balaban J connectivity index is 5.33. The Hall–Kier alpha value is -1.36. The molecule has 0 aromatic rings. The van der Waals surface area contributed by atoms with Crippen molar-refractivity contribution >= 4 is 46.4 Å². The standard InChI is InChI=1S/C9H9Cl2O6P/c1-4-7(12)15-18(10,11,16-8(13)5-2)17-9(14)6-3/h4-6H,1-3H2. The van der Waals surface area contributed by atoms with Crippen LogP contribution in [0.4, 0.5) is 0 Å². The summed E-state index contributed by atoms with van der Waals surface area (Å²) < 4.78 is 13.3. The molecule has 9 heteroatoms. The van der Waals surface area contributed by atoms with E-state index in [-0.39, 0.29) is 0 Å². The van der Waals surface area contributed by atoms with Crippen LogP contribution in [0, 0.1) is 0 Å². The Bertz CT molecular complexity index is 369. The molecule has 0 aromatic heterocycles. The molecule has 0 fully saturated rings. The number of hydrogen-bond acceptors (Lipinski definition) is 6. The fourth-order valence-corrected chi connectivity index (χ4v) is 3.00. The van der Waals surface area contributed by atoms with E-state index in [1.165, 1.54) is 0 Å². The minimum absolute atomic E-state index is 0.690. The Morgan fingerprint density at radius 2 is 1.00 bits per heavy atom. The predicted molar refractivity (Wildman–Crippen MR) is 67.5 cm³/mol. The van der Waals surface area contributed by atoms with Crippen LogP contribution in [0.2, 0.25) is 0 Å². The summed E-state index contributed by atoms with van der Waals surface area (Å²) in [6.45, 7) is 9.25. The zero-order valence-electron chi connectivity index (χ0n) is 9.01. The van der Waals surface area contributed by atoms with Crippen LogP contribution < -0.4 is 0 Å². The average molecular weight is 315 g/mol. The van der Waals surface area contributed by atoms with Crippen LogP contribution in [-0.2, 0) is 28.0 Å². The first-order chi connectivity index (χ1) is 8.15. The molecule has 0 N–H and O–H groups in total. The van der Waals surface area contributed by atoms with E-state index < -0.39 is 23.9 Å². The summed E-state index contributed by atoms with van der Waals surface area (Å²) in [7, 11) is 0. The first-order valence-electron chi connectivity index (χ1n) is 4.20. The van der Waals surface area contributed by atoms with Crippen LogP contribution in [0.25, 0.3) is 0 Å². The molecule has 0 spiro atoms. The molecule has 0 radical (unpaired) electrons. The van der Waals surface area contributed by atoms with Crippen molar-refractivity contribution < 1.29 is 28.0 Å². The van der Waals surface area contributed by atoms with E-state index in [0.717, 1.165) is 0 Å². The number of rotatable bonds is 6. The van der Waals surface area contributed by atoms with Gasteiger partial charge < -0.3 is 0 Å². The summed E-state index contributed by atoms with van der Waals surface area (Å²) in [6, 6.07) is 0. The number of hydrogen-bond donors (Lipinski definition) is 0. The van der Waals surface area contributed by atoms with Gasteiger partial charge in [-0.05, 0) is 0 Å². The van der Waals surface area contributed by atoms with Gasteiger partial charge >= 0.3 is 112 Å². The summed E-state index contributed by atoms with van der Waals surface area (Å²) >= 11 is 11.3. The number of halogens is 2. The Morgan fingerprint density at radius 3 is 1.17 bits per heavy atom. The van der Waals surface area contributed by atoms with Gasteiger partial charge in [0.15, 0.2) is 0 Å². The van der Waals surface area contributed by atoms with Crippen molar-refractivity contribution in [2.45, 2.75) is 0 Å². The second-order valence-electron chi connectivity index (χ2n) is 2.54. The predicted octanol–water partition coefficient (Wildman–Crippen LogP) is 2.78. The second-order valence-corrected chi connectivity index (χ2v) is 8.51. The molecule has 0 aliphatic rings. The van der Waals surface area contributed by atoms with Crippen LogP contribution in [0.15, 0.2) is 38.0 Å². The van der Waals surface area contributed by atoms with Crippen molar-refractivity contribution in [3.63, 3.8) is 0 Å². The van der Waals surface area contributed by atoms with Gasteiger partial charge in [-0.2, -0.15) is 0 Å². The van der Waals surface area contributed by atoms with Gasteiger partial charge in [0.05, 0.1) is 0 Å². The van der Waals surface area contributed by atoms with E-state index in [9.17, 15) is 14.4 Å². The summed E-state index contributed by atoms with van der Waals surface area (Å²) in [4.78, 5) is 33.2. The molecule has 0 saturated heterocycles. The topological polar surface area (TPSA) is 78.9 Å². The quantitative estimate of drug-likeness (QED) is 0.554. The van der Waals surface area contributed by atoms with Gasteiger partial charge in [0, 0.05) is 0 Å². The summed E-state index contributed by atoms with van der Waals surface area (Å²) in [5.74, 6) is -8.74. The third kappa shape index (κ3) is 5.31.